The van der Waals surface area contributed by atoms with Crippen molar-refractivity contribution < 1.29 is 9.13 Å². The summed E-state index contributed by atoms with van der Waals surface area (Å²) in [6.45, 7) is 2.04. The number of aryl methyl sites for hydroxylation is 2. The summed E-state index contributed by atoms with van der Waals surface area (Å²) in [5.41, 5.74) is 1.51. The summed E-state index contributed by atoms with van der Waals surface area (Å²) in [5.74, 6) is -0.0183. The zero-order chi connectivity index (χ0) is 11.5. The Morgan fingerprint density at radius 1 is 1.44 bits per heavy atom. The van der Waals surface area contributed by atoms with Gasteiger partial charge in [0.05, 0.1) is 6.20 Å². The van der Waals surface area contributed by atoms with Crippen LogP contribution in [0.4, 0.5) is 4.39 Å². The average Bonchev–Trinajstić information content (AvgIpc) is 2.67. The van der Waals surface area contributed by atoms with Crippen molar-refractivity contribution in [3.8, 4) is 5.75 Å². The van der Waals surface area contributed by atoms with Gasteiger partial charge in [0.2, 0.25) is 0 Å². The molecule has 0 saturated heterocycles. The van der Waals surface area contributed by atoms with Gasteiger partial charge < -0.3 is 4.74 Å². The van der Waals surface area contributed by atoms with Crippen molar-refractivity contribution in [2.24, 2.45) is 7.05 Å². The van der Waals surface area contributed by atoms with Gasteiger partial charge in [0, 0.05) is 18.8 Å². The van der Waals surface area contributed by atoms with E-state index in [1.54, 1.807) is 36.0 Å². The van der Waals surface area contributed by atoms with Crippen molar-refractivity contribution in [1.82, 2.24) is 9.78 Å². The molecule has 0 aliphatic heterocycles. The van der Waals surface area contributed by atoms with E-state index in [0.29, 0.717) is 12.2 Å². The van der Waals surface area contributed by atoms with Crippen LogP contribution in [0.1, 0.15) is 11.1 Å². The van der Waals surface area contributed by atoms with E-state index in [4.69, 9.17) is 4.74 Å². The van der Waals surface area contributed by atoms with E-state index < -0.39 is 0 Å². The molecule has 16 heavy (non-hydrogen) atoms. The number of rotatable bonds is 3. The SMILES string of the molecule is Cc1cccc(OCc2cnn(C)c2)c1F. The van der Waals surface area contributed by atoms with Gasteiger partial charge in [0.25, 0.3) is 0 Å². The van der Waals surface area contributed by atoms with Crippen LogP contribution in [0.3, 0.4) is 0 Å². The van der Waals surface area contributed by atoms with E-state index in [-0.39, 0.29) is 11.6 Å². The Balaban J connectivity index is 2.07. The molecular weight excluding hydrogens is 207 g/mol. The highest BCUT2D eigenvalue weighted by molar-refractivity contribution is 5.30. The minimum Gasteiger partial charge on any atom is -0.486 e. The first-order valence-corrected chi connectivity index (χ1v) is 5.02. The van der Waals surface area contributed by atoms with Crippen LogP contribution in [0, 0.1) is 12.7 Å². The predicted molar refractivity (Wildman–Crippen MR) is 58.7 cm³/mol. The molecule has 2 aromatic rings. The molecule has 0 amide bonds. The largest absolute Gasteiger partial charge is 0.486 e. The molecule has 0 aliphatic rings. The lowest BCUT2D eigenvalue weighted by atomic mass is 10.2. The Kier molecular flexibility index (Phi) is 2.90. The number of hydrogen-bond donors (Lipinski definition) is 0. The third kappa shape index (κ3) is 2.21. The standard InChI is InChI=1S/C12H13FN2O/c1-9-4-3-5-11(12(9)13)16-8-10-6-14-15(2)7-10/h3-7H,8H2,1-2H3. The third-order valence-corrected chi connectivity index (χ3v) is 2.31. The number of aromatic nitrogens is 2. The summed E-state index contributed by atoms with van der Waals surface area (Å²) in [5, 5.41) is 4.01. The fraction of sp³-hybridized carbons (Fsp3) is 0.250. The van der Waals surface area contributed by atoms with Crippen LogP contribution in [0.25, 0.3) is 0 Å². The Morgan fingerprint density at radius 3 is 2.94 bits per heavy atom. The van der Waals surface area contributed by atoms with Crippen molar-refractivity contribution in [2.45, 2.75) is 13.5 Å². The summed E-state index contributed by atoms with van der Waals surface area (Å²) in [6, 6.07) is 5.11. The van der Waals surface area contributed by atoms with E-state index >= 15 is 0 Å². The molecule has 4 heteroatoms. The number of ether oxygens (including phenoxy) is 1. The van der Waals surface area contributed by atoms with E-state index in [0.717, 1.165) is 5.56 Å². The zero-order valence-corrected chi connectivity index (χ0v) is 9.27. The molecule has 2 rings (SSSR count). The molecular formula is C12H13FN2O. The number of halogens is 1. The molecule has 0 aliphatic carbocycles. The molecule has 0 radical (unpaired) electrons. The smallest absolute Gasteiger partial charge is 0.167 e. The molecule has 1 aromatic heterocycles. The lowest BCUT2D eigenvalue weighted by Gasteiger charge is -2.06. The average molecular weight is 220 g/mol. The van der Waals surface area contributed by atoms with Crippen molar-refractivity contribution in [3.63, 3.8) is 0 Å². The molecule has 0 N–H and O–H groups in total. The van der Waals surface area contributed by atoms with Gasteiger partial charge >= 0.3 is 0 Å². The molecule has 0 bridgehead atoms. The minimum atomic E-state index is -0.300. The first kappa shape index (κ1) is 10.7. The third-order valence-electron chi connectivity index (χ3n) is 2.31. The highest BCUT2D eigenvalue weighted by atomic mass is 19.1. The van der Waals surface area contributed by atoms with Crippen molar-refractivity contribution >= 4 is 0 Å². The maximum Gasteiger partial charge on any atom is 0.167 e. The van der Waals surface area contributed by atoms with Gasteiger partial charge in [-0.2, -0.15) is 5.10 Å². The fourth-order valence-corrected chi connectivity index (χ4v) is 1.44. The topological polar surface area (TPSA) is 27.1 Å². The summed E-state index contributed by atoms with van der Waals surface area (Å²) in [7, 11) is 1.83. The Morgan fingerprint density at radius 2 is 2.25 bits per heavy atom. The summed E-state index contributed by atoms with van der Waals surface area (Å²) in [4.78, 5) is 0. The van der Waals surface area contributed by atoms with E-state index in [2.05, 4.69) is 5.10 Å². The number of benzene rings is 1. The van der Waals surface area contributed by atoms with Crippen molar-refractivity contribution in [1.29, 1.82) is 0 Å². The van der Waals surface area contributed by atoms with E-state index in [1.165, 1.54) is 0 Å². The van der Waals surface area contributed by atoms with Crippen LogP contribution in [0.2, 0.25) is 0 Å². The second-order valence-electron chi connectivity index (χ2n) is 3.70. The Labute approximate surface area is 93.5 Å². The molecule has 1 heterocycles. The van der Waals surface area contributed by atoms with Crippen LogP contribution in [0.5, 0.6) is 5.75 Å². The predicted octanol–water partition coefficient (Wildman–Crippen LogP) is 2.45. The van der Waals surface area contributed by atoms with E-state index in [9.17, 15) is 4.39 Å². The van der Waals surface area contributed by atoms with Gasteiger partial charge in [-0.15, -0.1) is 0 Å². The van der Waals surface area contributed by atoms with Gasteiger partial charge in [-0.25, -0.2) is 4.39 Å². The lowest BCUT2D eigenvalue weighted by molar-refractivity contribution is 0.289. The van der Waals surface area contributed by atoms with Crippen LogP contribution < -0.4 is 4.74 Å². The maximum atomic E-state index is 13.6. The van der Waals surface area contributed by atoms with E-state index in [1.807, 2.05) is 13.2 Å². The van der Waals surface area contributed by atoms with Crippen LogP contribution in [0.15, 0.2) is 30.6 Å². The quantitative estimate of drug-likeness (QED) is 0.794. The van der Waals surface area contributed by atoms with Gasteiger partial charge in [0.15, 0.2) is 11.6 Å². The Bertz CT molecular complexity index is 494. The summed E-state index contributed by atoms with van der Waals surface area (Å²) < 4.78 is 20.6. The van der Waals surface area contributed by atoms with Gasteiger partial charge in [-0.05, 0) is 18.6 Å². The molecule has 0 fully saturated rings. The minimum absolute atomic E-state index is 0.281. The number of hydrogen-bond acceptors (Lipinski definition) is 2. The molecule has 0 spiro atoms. The molecule has 0 saturated carbocycles. The highest BCUT2D eigenvalue weighted by Gasteiger charge is 2.06. The molecule has 0 unspecified atom stereocenters. The van der Waals surface area contributed by atoms with Gasteiger partial charge in [-0.1, -0.05) is 12.1 Å². The highest BCUT2D eigenvalue weighted by Crippen LogP contribution is 2.20. The monoisotopic (exact) mass is 220 g/mol. The fourth-order valence-electron chi connectivity index (χ4n) is 1.44. The lowest BCUT2D eigenvalue weighted by Crippen LogP contribution is -1.97. The van der Waals surface area contributed by atoms with Crippen LogP contribution in [-0.4, -0.2) is 9.78 Å². The second-order valence-corrected chi connectivity index (χ2v) is 3.70. The summed E-state index contributed by atoms with van der Waals surface area (Å²) in [6.07, 6.45) is 3.54. The Hall–Kier alpha value is -1.84. The zero-order valence-electron chi connectivity index (χ0n) is 9.27. The first-order valence-electron chi connectivity index (χ1n) is 5.02. The normalized spacial score (nSPS) is 10.4. The molecule has 0 atom stereocenters. The van der Waals surface area contributed by atoms with Gasteiger partial charge in [-0.3, -0.25) is 4.68 Å². The summed E-state index contributed by atoms with van der Waals surface area (Å²) >= 11 is 0. The number of nitrogens with zero attached hydrogens (tertiary/aromatic N) is 2. The van der Waals surface area contributed by atoms with Gasteiger partial charge in [0.1, 0.15) is 6.61 Å². The van der Waals surface area contributed by atoms with Crippen LogP contribution >= 0.6 is 0 Å². The first-order chi connectivity index (χ1) is 7.66. The molecule has 3 nitrogen and oxygen atoms in total. The molecule has 84 valence electrons. The van der Waals surface area contributed by atoms with Crippen molar-refractivity contribution in [2.75, 3.05) is 0 Å². The van der Waals surface area contributed by atoms with Crippen molar-refractivity contribution in [3.05, 3.63) is 47.5 Å². The van der Waals surface area contributed by atoms with Crippen LogP contribution in [-0.2, 0) is 13.7 Å². The second kappa shape index (κ2) is 4.35. The maximum absolute atomic E-state index is 13.6. The molecule has 1 aromatic carbocycles.